The fraction of sp³-hybridized carbons (Fsp3) is 0.250. The molecule has 0 atom stereocenters. The highest BCUT2D eigenvalue weighted by Gasteiger charge is 2.42. The van der Waals surface area contributed by atoms with E-state index in [1.165, 1.54) is 19.2 Å². The third kappa shape index (κ3) is 4.24. The van der Waals surface area contributed by atoms with Crippen LogP contribution in [0.15, 0.2) is 77.7 Å². The molecule has 1 amide bonds. The number of carbonyl (C=O) groups is 1. The molecule has 6 nitrogen and oxygen atoms in total. The summed E-state index contributed by atoms with van der Waals surface area (Å²) in [5, 5.41) is 3.02. The molecule has 1 saturated carbocycles. The second kappa shape index (κ2) is 8.61. The van der Waals surface area contributed by atoms with E-state index in [9.17, 15) is 13.2 Å². The maximum atomic E-state index is 13.3. The molecule has 1 fully saturated rings. The molecule has 3 aromatic rings. The van der Waals surface area contributed by atoms with Crippen LogP contribution in [0.5, 0.6) is 0 Å². The average Bonchev–Trinajstić information content (AvgIpc) is 3.31. The summed E-state index contributed by atoms with van der Waals surface area (Å²) in [6.07, 6.45) is 3.70. The lowest BCUT2D eigenvalue weighted by Gasteiger charge is -2.28. The topological polar surface area (TPSA) is 88.2 Å². The van der Waals surface area contributed by atoms with Crippen molar-refractivity contribution in [3.63, 3.8) is 0 Å². The molecule has 0 unspecified atom stereocenters. The molecule has 1 aromatic heterocycles. The summed E-state index contributed by atoms with van der Waals surface area (Å²) in [7, 11) is -2.11. The summed E-state index contributed by atoms with van der Waals surface area (Å²) in [6, 6.07) is 21.9. The van der Waals surface area contributed by atoms with Gasteiger partial charge in [0.2, 0.25) is 15.9 Å². The molecule has 1 heterocycles. The van der Waals surface area contributed by atoms with Crippen LogP contribution in [0.4, 0.5) is 5.82 Å². The SMILES string of the molecule is CNS(=O)(=O)c1ccc(-c2cccc(NC(=O)C3(c4ccccc4)CCCC3)n2)cc1.[HH].[HH]. The maximum absolute atomic E-state index is 13.3. The molecule has 7 heteroatoms. The van der Waals surface area contributed by atoms with Gasteiger partial charge in [0.25, 0.3) is 0 Å². The van der Waals surface area contributed by atoms with E-state index >= 15 is 0 Å². The van der Waals surface area contributed by atoms with Gasteiger partial charge in [0.15, 0.2) is 0 Å². The molecular formula is C24H29N3O3S. The van der Waals surface area contributed by atoms with Crippen molar-refractivity contribution >= 4 is 21.7 Å². The Hall–Kier alpha value is -3.03. The number of hydrogen-bond acceptors (Lipinski definition) is 4. The normalized spacial score (nSPS) is 15.5. The Morgan fingerprint density at radius 3 is 2.26 bits per heavy atom. The van der Waals surface area contributed by atoms with Gasteiger partial charge >= 0.3 is 0 Å². The number of sulfonamides is 1. The number of benzene rings is 2. The Balaban J connectivity index is 0.00000193. The van der Waals surface area contributed by atoms with Crippen molar-refractivity contribution in [2.75, 3.05) is 12.4 Å². The fourth-order valence-corrected chi connectivity index (χ4v) is 4.94. The Kier molecular flexibility index (Phi) is 5.89. The van der Waals surface area contributed by atoms with Gasteiger partial charge in [0.1, 0.15) is 5.82 Å². The molecule has 2 aromatic carbocycles. The molecule has 31 heavy (non-hydrogen) atoms. The zero-order valence-corrected chi connectivity index (χ0v) is 18.2. The van der Waals surface area contributed by atoms with Crippen molar-refractivity contribution in [3.8, 4) is 11.3 Å². The minimum absolute atomic E-state index is 0. The highest BCUT2D eigenvalue weighted by atomic mass is 32.2. The van der Waals surface area contributed by atoms with E-state index in [1.807, 2.05) is 42.5 Å². The summed E-state index contributed by atoms with van der Waals surface area (Å²) in [5.74, 6) is 0.452. The van der Waals surface area contributed by atoms with E-state index in [4.69, 9.17) is 0 Å². The number of rotatable bonds is 6. The minimum atomic E-state index is -3.49. The third-order valence-corrected chi connectivity index (χ3v) is 7.37. The molecule has 0 spiro atoms. The summed E-state index contributed by atoms with van der Waals surface area (Å²) >= 11 is 0. The van der Waals surface area contributed by atoms with Gasteiger partial charge in [-0.2, -0.15) is 0 Å². The number of amides is 1. The number of hydrogen-bond donors (Lipinski definition) is 2. The first-order valence-corrected chi connectivity index (χ1v) is 11.8. The number of nitrogens with zero attached hydrogens (tertiary/aromatic N) is 1. The van der Waals surface area contributed by atoms with Crippen LogP contribution in [0.3, 0.4) is 0 Å². The monoisotopic (exact) mass is 439 g/mol. The first-order chi connectivity index (χ1) is 14.9. The maximum Gasteiger partial charge on any atom is 0.240 e. The van der Waals surface area contributed by atoms with E-state index in [0.29, 0.717) is 11.5 Å². The molecule has 164 valence electrons. The fourth-order valence-electron chi connectivity index (χ4n) is 4.21. The molecule has 2 N–H and O–H groups in total. The molecule has 1 aliphatic rings. The first kappa shape index (κ1) is 21.2. The Bertz CT molecular complexity index is 1180. The molecule has 0 aliphatic heterocycles. The van der Waals surface area contributed by atoms with Gasteiger partial charge in [-0.15, -0.1) is 0 Å². The van der Waals surface area contributed by atoms with E-state index in [2.05, 4.69) is 15.0 Å². The smallest absolute Gasteiger partial charge is 0.240 e. The molecule has 4 rings (SSSR count). The van der Waals surface area contributed by atoms with Crippen molar-refractivity contribution in [2.45, 2.75) is 36.0 Å². The van der Waals surface area contributed by atoms with Crippen LogP contribution < -0.4 is 10.0 Å². The molecule has 0 bridgehead atoms. The van der Waals surface area contributed by atoms with Gasteiger partial charge in [-0.3, -0.25) is 4.79 Å². The molecular weight excluding hydrogens is 410 g/mol. The lowest BCUT2D eigenvalue weighted by molar-refractivity contribution is -0.121. The van der Waals surface area contributed by atoms with Crippen molar-refractivity contribution in [2.24, 2.45) is 0 Å². The average molecular weight is 440 g/mol. The quantitative estimate of drug-likeness (QED) is 0.588. The van der Waals surface area contributed by atoms with Crippen LogP contribution >= 0.6 is 0 Å². The summed E-state index contributed by atoms with van der Waals surface area (Å²) in [5.41, 5.74) is 1.95. The zero-order chi connectivity index (χ0) is 21.9. The van der Waals surface area contributed by atoms with Gasteiger partial charge in [-0.1, -0.05) is 61.4 Å². The van der Waals surface area contributed by atoms with Gasteiger partial charge in [-0.05, 0) is 49.7 Å². The van der Waals surface area contributed by atoms with Crippen LogP contribution in [-0.2, 0) is 20.2 Å². The predicted octanol–water partition coefficient (Wildman–Crippen LogP) is 4.60. The minimum Gasteiger partial charge on any atom is -0.310 e. The summed E-state index contributed by atoms with van der Waals surface area (Å²) < 4.78 is 26.1. The van der Waals surface area contributed by atoms with Crippen LogP contribution in [0.25, 0.3) is 11.3 Å². The van der Waals surface area contributed by atoms with Crippen molar-refractivity contribution in [1.29, 1.82) is 0 Å². The standard InChI is InChI=1S/C24H25N3O3S.2H2/c1-25-31(29,30)20-14-12-18(13-15-20)21-10-7-11-22(26-21)27-23(28)24(16-5-6-17-24)19-8-3-2-4-9-19;;/h2-4,7-15,25H,5-6,16-17H2,1H3,(H,26,27,28);2*1H. The zero-order valence-electron chi connectivity index (χ0n) is 17.3. The van der Waals surface area contributed by atoms with Crippen LogP contribution in [-0.4, -0.2) is 26.4 Å². The van der Waals surface area contributed by atoms with Crippen LogP contribution in [0.2, 0.25) is 0 Å². The summed E-state index contributed by atoms with van der Waals surface area (Å²) in [6.45, 7) is 0. The number of nitrogens with one attached hydrogen (secondary N) is 2. The van der Waals surface area contributed by atoms with E-state index in [1.54, 1.807) is 18.2 Å². The van der Waals surface area contributed by atoms with Gasteiger partial charge in [-0.25, -0.2) is 18.1 Å². The van der Waals surface area contributed by atoms with Gasteiger partial charge in [0, 0.05) is 8.42 Å². The largest absolute Gasteiger partial charge is 0.310 e. The first-order valence-electron chi connectivity index (χ1n) is 10.3. The van der Waals surface area contributed by atoms with Gasteiger partial charge in [0.05, 0.1) is 16.0 Å². The Morgan fingerprint density at radius 1 is 0.935 bits per heavy atom. The van der Waals surface area contributed by atoms with E-state index < -0.39 is 15.4 Å². The lowest BCUT2D eigenvalue weighted by Crippen LogP contribution is -2.38. The van der Waals surface area contributed by atoms with Gasteiger partial charge < -0.3 is 5.32 Å². The number of anilines is 1. The predicted molar refractivity (Wildman–Crippen MR) is 125 cm³/mol. The van der Waals surface area contributed by atoms with E-state index in [0.717, 1.165) is 36.8 Å². The van der Waals surface area contributed by atoms with Crippen LogP contribution in [0.1, 0.15) is 34.1 Å². The Morgan fingerprint density at radius 2 is 1.61 bits per heavy atom. The highest BCUT2D eigenvalue weighted by Crippen LogP contribution is 2.42. The second-order valence-corrected chi connectivity index (χ2v) is 9.64. The highest BCUT2D eigenvalue weighted by molar-refractivity contribution is 7.89. The molecule has 0 radical (unpaired) electrons. The number of carbonyl (C=O) groups excluding carboxylic acids is 1. The molecule has 0 saturated heterocycles. The number of pyridine rings is 1. The van der Waals surface area contributed by atoms with Crippen LogP contribution in [0, 0.1) is 0 Å². The van der Waals surface area contributed by atoms with Crippen molar-refractivity contribution in [3.05, 3.63) is 78.4 Å². The lowest BCUT2D eigenvalue weighted by atomic mass is 9.78. The molecule has 1 aliphatic carbocycles. The third-order valence-electron chi connectivity index (χ3n) is 5.94. The van der Waals surface area contributed by atoms with E-state index in [-0.39, 0.29) is 13.7 Å². The number of aromatic nitrogens is 1. The Labute approximate surface area is 185 Å². The van der Waals surface area contributed by atoms with Crippen molar-refractivity contribution < 1.29 is 16.1 Å². The van der Waals surface area contributed by atoms with Crippen molar-refractivity contribution in [1.82, 2.24) is 9.71 Å². The second-order valence-electron chi connectivity index (χ2n) is 7.75. The summed E-state index contributed by atoms with van der Waals surface area (Å²) in [4.78, 5) is 18.1.